The third-order valence-electron chi connectivity index (χ3n) is 4.79. The molecule has 0 aliphatic heterocycles. The first-order valence-electron chi connectivity index (χ1n) is 9.05. The summed E-state index contributed by atoms with van der Waals surface area (Å²) in [7, 11) is 0. The first kappa shape index (κ1) is 21.1. The highest BCUT2D eigenvalue weighted by molar-refractivity contribution is 5.82. The minimum absolute atomic E-state index is 0.338. The van der Waals surface area contributed by atoms with Crippen molar-refractivity contribution < 1.29 is 26.3 Å². The van der Waals surface area contributed by atoms with E-state index in [9.17, 15) is 26.3 Å². The van der Waals surface area contributed by atoms with E-state index in [0.29, 0.717) is 16.8 Å². The van der Waals surface area contributed by atoms with Gasteiger partial charge in [-0.05, 0) is 56.5 Å². The maximum atomic E-state index is 12.7. The number of aryl methyl sites for hydroxylation is 3. The molecule has 0 saturated carbocycles. The number of halogens is 6. The lowest BCUT2D eigenvalue weighted by molar-refractivity contribution is -0.285. The molecule has 7 heteroatoms. The van der Waals surface area contributed by atoms with Gasteiger partial charge < -0.3 is 0 Å². The number of benzene rings is 2. The molecule has 3 aromatic rings. The summed E-state index contributed by atoms with van der Waals surface area (Å²) in [6, 6.07) is 14.4. The maximum absolute atomic E-state index is 12.7. The van der Waals surface area contributed by atoms with Crippen LogP contribution in [-0.4, -0.2) is 17.3 Å². The Morgan fingerprint density at radius 2 is 1.38 bits per heavy atom. The third kappa shape index (κ3) is 5.08. The first-order valence-corrected chi connectivity index (χ1v) is 9.05. The van der Waals surface area contributed by atoms with E-state index < -0.39 is 24.7 Å². The van der Waals surface area contributed by atoms with Crippen LogP contribution in [-0.2, 0) is 6.42 Å². The highest BCUT2D eigenvalue weighted by Gasteiger charge is 2.55. The van der Waals surface area contributed by atoms with E-state index in [1.165, 1.54) is 0 Å². The zero-order chi connectivity index (χ0) is 21.4. The van der Waals surface area contributed by atoms with Gasteiger partial charge in [0, 0.05) is 10.9 Å². The molecule has 29 heavy (non-hydrogen) atoms. The fraction of sp³-hybridized carbons (Fsp3) is 0.318. The Labute approximate surface area is 164 Å². The van der Waals surface area contributed by atoms with E-state index in [1.54, 1.807) is 18.2 Å². The van der Waals surface area contributed by atoms with E-state index >= 15 is 0 Å². The Morgan fingerprint density at radius 3 is 1.97 bits per heavy atom. The van der Waals surface area contributed by atoms with Crippen LogP contribution in [0.1, 0.15) is 23.1 Å². The number of fused-ring (bicyclic) bond motifs is 1. The highest BCUT2D eigenvalue weighted by Crippen LogP contribution is 2.42. The molecular formula is C22H19F6N. The van der Waals surface area contributed by atoms with Crippen LogP contribution in [0.3, 0.4) is 0 Å². The summed E-state index contributed by atoms with van der Waals surface area (Å²) in [5, 5.41) is 0.769. The second kappa shape index (κ2) is 7.69. The van der Waals surface area contributed by atoms with Crippen LogP contribution in [0.25, 0.3) is 22.2 Å². The van der Waals surface area contributed by atoms with Crippen LogP contribution in [0.4, 0.5) is 26.3 Å². The second-order valence-corrected chi connectivity index (χ2v) is 7.27. The van der Waals surface area contributed by atoms with Gasteiger partial charge in [0.1, 0.15) is 0 Å². The summed E-state index contributed by atoms with van der Waals surface area (Å²) in [6.07, 6.45) is -12.0. The number of hydrogen-bond donors (Lipinski definition) is 0. The summed E-state index contributed by atoms with van der Waals surface area (Å²) >= 11 is 0. The molecule has 0 amide bonds. The third-order valence-corrected chi connectivity index (χ3v) is 4.79. The van der Waals surface area contributed by atoms with Gasteiger partial charge in [-0.1, -0.05) is 35.4 Å². The summed E-state index contributed by atoms with van der Waals surface area (Å²) in [5.74, 6) is -3.33. The number of rotatable bonds is 4. The normalized spacial score (nSPS) is 12.7. The molecule has 154 valence electrons. The van der Waals surface area contributed by atoms with Gasteiger partial charge in [0.2, 0.25) is 0 Å². The van der Waals surface area contributed by atoms with Crippen LogP contribution in [0.5, 0.6) is 0 Å². The number of hydrogen-bond acceptors (Lipinski definition) is 1. The average Bonchev–Trinajstić information content (AvgIpc) is 2.58. The maximum Gasteiger partial charge on any atom is 0.400 e. The summed E-state index contributed by atoms with van der Waals surface area (Å²) in [5.41, 5.74) is 4.67. The van der Waals surface area contributed by atoms with Crippen molar-refractivity contribution in [2.45, 2.75) is 39.0 Å². The molecule has 0 fully saturated rings. The Balaban J connectivity index is 1.89. The summed E-state index contributed by atoms with van der Waals surface area (Å²) in [6.45, 7) is 3.93. The molecular weight excluding hydrogens is 392 g/mol. The van der Waals surface area contributed by atoms with E-state index in [1.807, 2.05) is 44.2 Å². The van der Waals surface area contributed by atoms with Crippen LogP contribution in [0.2, 0.25) is 0 Å². The highest BCUT2D eigenvalue weighted by atomic mass is 19.4. The molecule has 0 aliphatic carbocycles. The molecule has 0 aliphatic rings. The van der Waals surface area contributed by atoms with Gasteiger partial charge >= 0.3 is 12.4 Å². The lowest BCUT2D eigenvalue weighted by Gasteiger charge is -2.22. The monoisotopic (exact) mass is 411 g/mol. The fourth-order valence-corrected chi connectivity index (χ4v) is 3.43. The number of aromatic nitrogens is 1. The SMILES string of the molecule is Cc1cc(C)cc(-c2ccc3ccc(CCC(C(F)(F)F)C(F)(F)F)cc3n2)c1. The van der Waals surface area contributed by atoms with Crippen LogP contribution >= 0.6 is 0 Å². The quantitative estimate of drug-likeness (QED) is 0.414. The fourth-order valence-electron chi connectivity index (χ4n) is 3.43. The zero-order valence-electron chi connectivity index (χ0n) is 15.8. The van der Waals surface area contributed by atoms with Crippen LogP contribution in [0, 0.1) is 19.8 Å². The van der Waals surface area contributed by atoms with Crippen molar-refractivity contribution in [1.82, 2.24) is 4.98 Å². The predicted molar refractivity (Wildman–Crippen MR) is 101 cm³/mol. The lowest BCUT2D eigenvalue weighted by atomic mass is 9.97. The number of pyridine rings is 1. The molecule has 0 N–H and O–H groups in total. The summed E-state index contributed by atoms with van der Waals surface area (Å²) < 4.78 is 76.5. The smallest absolute Gasteiger partial charge is 0.248 e. The van der Waals surface area contributed by atoms with E-state index in [0.717, 1.165) is 22.1 Å². The number of alkyl halides is 6. The molecule has 3 rings (SSSR count). The minimum atomic E-state index is -5.32. The Kier molecular flexibility index (Phi) is 5.61. The van der Waals surface area contributed by atoms with Gasteiger partial charge in [0.15, 0.2) is 5.92 Å². The Morgan fingerprint density at radius 1 is 0.793 bits per heavy atom. The van der Waals surface area contributed by atoms with Gasteiger partial charge in [0.25, 0.3) is 0 Å². The van der Waals surface area contributed by atoms with Crippen LogP contribution in [0.15, 0.2) is 48.5 Å². The molecule has 1 aromatic heterocycles. The van der Waals surface area contributed by atoms with Gasteiger partial charge in [0.05, 0.1) is 11.2 Å². The van der Waals surface area contributed by atoms with E-state index in [2.05, 4.69) is 4.98 Å². The second-order valence-electron chi connectivity index (χ2n) is 7.27. The topological polar surface area (TPSA) is 12.9 Å². The zero-order valence-corrected chi connectivity index (χ0v) is 15.8. The van der Waals surface area contributed by atoms with Crippen LogP contribution < -0.4 is 0 Å². The number of nitrogens with zero attached hydrogens (tertiary/aromatic N) is 1. The summed E-state index contributed by atoms with van der Waals surface area (Å²) in [4.78, 5) is 4.57. The van der Waals surface area contributed by atoms with Crippen molar-refractivity contribution in [2.24, 2.45) is 5.92 Å². The van der Waals surface area contributed by atoms with Gasteiger partial charge in [-0.3, -0.25) is 0 Å². The van der Waals surface area contributed by atoms with Crippen molar-refractivity contribution in [3.63, 3.8) is 0 Å². The largest absolute Gasteiger partial charge is 0.400 e. The lowest BCUT2D eigenvalue weighted by Crippen LogP contribution is -2.36. The van der Waals surface area contributed by atoms with Crippen molar-refractivity contribution in [3.8, 4) is 11.3 Å². The van der Waals surface area contributed by atoms with Crippen molar-refractivity contribution >= 4 is 10.9 Å². The van der Waals surface area contributed by atoms with E-state index in [4.69, 9.17) is 0 Å². The first-order chi connectivity index (χ1) is 13.4. The molecule has 0 unspecified atom stereocenters. The molecule has 0 spiro atoms. The van der Waals surface area contributed by atoms with Gasteiger partial charge in [-0.25, -0.2) is 4.98 Å². The molecule has 1 nitrogen and oxygen atoms in total. The van der Waals surface area contributed by atoms with Gasteiger partial charge in [-0.2, -0.15) is 26.3 Å². The predicted octanol–water partition coefficient (Wildman–Crippen LogP) is 7.19. The molecule has 1 heterocycles. The molecule has 0 bridgehead atoms. The average molecular weight is 411 g/mol. The van der Waals surface area contributed by atoms with E-state index in [-0.39, 0.29) is 6.42 Å². The Hall–Kier alpha value is -2.57. The van der Waals surface area contributed by atoms with Crippen molar-refractivity contribution in [2.75, 3.05) is 0 Å². The molecule has 2 aromatic carbocycles. The van der Waals surface area contributed by atoms with Gasteiger partial charge in [-0.15, -0.1) is 0 Å². The minimum Gasteiger partial charge on any atom is -0.248 e. The Bertz CT molecular complexity index is 986. The standard InChI is InChI=1S/C22H19F6N/c1-13-9-14(2)11-17(10-13)18-7-6-16-5-3-15(12-19(16)29-18)4-8-20(21(23,24)25)22(26,27)28/h3,5-7,9-12,20H,4,8H2,1-2H3. The van der Waals surface area contributed by atoms with Crippen molar-refractivity contribution in [1.29, 1.82) is 0 Å². The van der Waals surface area contributed by atoms with Crippen molar-refractivity contribution in [3.05, 3.63) is 65.2 Å². The molecule has 0 radical (unpaired) electrons. The molecule has 0 atom stereocenters. The molecule has 0 saturated heterocycles.